The first-order valence-electron chi connectivity index (χ1n) is 4.14. The zero-order valence-corrected chi connectivity index (χ0v) is 8.06. The van der Waals surface area contributed by atoms with E-state index in [0.29, 0.717) is 23.5 Å². The summed E-state index contributed by atoms with van der Waals surface area (Å²) < 4.78 is 23.3. The van der Waals surface area contributed by atoms with E-state index in [1.165, 1.54) is 20.3 Å². The highest BCUT2D eigenvalue weighted by atomic mass is 19.1. The molecule has 1 aromatic carbocycles. The maximum atomic E-state index is 13.2. The predicted octanol–water partition coefficient (Wildman–Crippen LogP) is 2.41. The number of hydrogen-bond acceptors (Lipinski definition) is 2. The molecule has 3 heteroatoms. The van der Waals surface area contributed by atoms with Gasteiger partial charge in [-0.15, -0.1) is 0 Å². The fourth-order valence-corrected chi connectivity index (χ4v) is 1.30. The molecule has 0 heterocycles. The Morgan fingerprint density at radius 3 is 2.38 bits per heavy atom. The third-order valence-corrected chi connectivity index (χ3v) is 1.94. The fourth-order valence-electron chi connectivity index (χ4n) is 1.30. The molecule has 0 saturated heterocycles. The molecule has 0 amide bonds. The number of methoxy groups -OCH3 is 2. The molecule has 0 aliphatic heterocycles. The van der Waals surface area contributed by atoms with Crippen LogP contribution in [0, 0.1) is 5.82 Å². The first kappa shape index (κ1) is 9.84. The summed E-state index contributed by atoms with van der Waals surface area (Å²) in [5, 5.41) is 0. The Kier molecular flexibility index (Phi) is 3.12. The topological polar surface area (TPSA) is 18.5 Å². The Labute approximate surface area is 77.3 Å². The van der Waals surface area contributed by atoms with Crippen molar-refractivity contribution >= 4 is 0 Å². The third-order valence-electron chi connectivity index (χ3n) is 1.94. The van der Waals surface area contributed by atoms with Crippen LogP contribution in [0.25, 0.3) is 0 Å². The second-order valence-corrected chi connectivity index (χ2v) is 2.62. The van der Waals surface area contributed by atoms with Gasteiger partial charge in [-0.05, 0) is 18.6 Å². The molecule has 0 radical (unpaired) electrons. The van der Waals surface area contributed by atoms with Gasteiger partial charge in [-0.2, -0.15) is 0 Å². The summed E-state index contributed by atoms with van der Waals surface area (Å²) in [5.74, 6) is 0.811. The minimum atomic E-state index is -0.250. The van der Waals surface area contributed by atoms with E-state index in [2.05, 4.69) is 0 Å². The van der Waals surface area contributed by atoms with Crippen molar-refractivity contribution < 1.29 is 13.9 Å². The van der Waals surface area contributed by atoms with Crippen molar-refractivity contribution in [1.29, 1.82) is 0 Å². The average molecular weight is 184 g/mol. The molecule has 0 aliphatic carbocycles. The van der Waals surface area contributed by atoms with E-state index in [-0.39, 0.29) is 5.82 Å². The van der Waals surface area contributed by atoms with Gasteiger partial charge >= 0.3 is 0 Å². The predicted molar refractivity (Wildman–Crippen MR) is 48.9 cm³/mol. The number of hydrogen-bond donors (Lipinski definition) is 0. The van der Waals surface area contributed by atoms with Gasteiger partial charge in [0.15, 0.2) is 11.5 Å². The van der Waals surface area contributed by atoms with Crippen LogP contribution in [0.4, 0.5) is 4.39 Å². The van der Waals surface area contributed by atoms with E-state index in [1.54, 1.807) is 6.07 Å². The van der Waals surface area contributed by atoms with Gasteiger partial charge in [0.05, 0.1) is 14.2 Å². The molecule has 0 bridgehead atoms. The van der Waals surface area contributed by atoms with Crippen LogP contribution < -0.4 is 9.47 Å². The monoisotopic (exact) mass is 184 g/mol. The molecule has 0 aliphatic rings. The van der Waals surface area contributed by atoms with Gasteiger partial charge in [-0.3, -0.25) is 0 Å². The van der Waals surface area contributed by atoms with Gasteiger partial charge in [-0.25, -0.2) is 4.39 Å². The van der Waals surface area contributed by atoms with Crippen LogP contribution in [-0.4, -0.2) is 14.2 Å². The maximum Gasteiger partial charge on any atom is 0.166 e. The standard InChI is InChI=1S/C10H13FO2/c1-4-7-8(11)5-6-9(12-2)10(7)13-3/h5-6H,4H2,1-3H3. The SMILES string of the molecule is CCc1c(F)ccc(OC)c1OC. The molecular weight excluding hydrogens is 171 g/mol. The Bertz CT molecular complexity index is 297. The lowest BCUT2D eigenvalue weighted by atomic mass is 10.1. The average Bonchev–Trinajstić information content (AvgIpc) is 2.17. The highest BCUT2D eigenvalue weighted by Crippen LogP contribution is 2.32. The lowest BCUT2D eigenvalue weighted by molar-refractivity contribution is 0.348. The van der Waals surface area contributed by atoms with Gasteiger partial charge in [0.2, 0.25) is 0 Å². The van der Waals surface area contributed by atoms with Crippen LogP contribution >= 0.6 is 0 Å². The summed E-state index contributed by atoms with van der Waals surface area (Å²) in [6.45, 7) is 1.88. The van der Waals surface area contributed by atoms with E-state index in [1.807, 2.05) is 6.92 Å². The van der Waals surface area contributed by atoms with Gasteiger partial charge in [-0.1, -0.05) is 6.92 Å². The van der Waals surface area contributed by atoms with Gasteiger partial charge < -0.3 is 9.47 Å². The van der Waals surface area contributed by atoms with Crippen LogP contribution in [0.15, 0.2) is 12.1 Å². The van der Waals surface area contributed by atoms with Crippen molar-refractivity contribution in [3.63, 3.8) is 0 Å². The summed E-state index contributed by atoms with van der Waals surface area (Å²) in [4.78, 5) is 0. The summed E-state index contributed by atoms with van der Waals surface area (Å²) in [7, 11) is 3.05. The zero-order chi connectivity index (χ0) is 9.84. The molecule has 0 unspecified atom stereocenters. The third kappa shape index (κ3) is 1.74. The molecule has 0 N–H and O–H groups in total. The number of ether oxygens (including phenoxy) is 2. The van der Waals surface area contributed by atoms with Gasteiger partial charge in [0.25, 0.3) is 0 Å². The minimum absolute atomic E-state index is 0.250. The van der Waals surface area contributed by atoms with Crippen molar-refractivity contribution in [3.05, 3.63) is 23.5 Å². The quantitative estimate of drug-likeness (QED) is 0.718. The van der Waals surface area contributed by atoms with Crippen LogP contribution in [-0.2, 0) is 6.42 Å². The number of benzene rings is 1. The van der Waals surface area contributed by atoms with Crippen LogP contribution in [0.5, 0.6) is 11.5 Å². The van der Waals surface area contributed by atoms with E-state index in [4.69, 9.17) is 9.47 Å². The second kappa shape index (κ2) is 4.12. The largest absolute Gasteiger partial charge is 0.493 e. The van der Waals surface area contributed by atoms with Crippen molar-refractivity contribution in [2.75, 3.05) is 14.2 Å². The molecule has 72 valence electrons. The van der Waals surface area contributed by atoms with Crippen molar-refractivity contribution in [2.24, 2.45) is 0 Å². The Morgan fingerprint density at radius 1 is 1.23 bits per heavy atom. The molecule has 0 spiro atoms. The molecular formula is C10H13FO2. The minimum Gasteiger partial charge on any atom is -0.493 e. The maximum absolute atomic E-state index is 13.2. The zero-order valence-electron chi connectivity index (χ0n) is 8.06. The van der Waals surface area contributed by atoms with Gasteiger partial charge in [0, 0.05) is 5.56 Å². The van der Waals surface area contributed by atoms with Gasteiger partial charge in [0.1, 0.15) is 5.82 Å². The lowest BCUT2D eigenvalue weighted by Gasteiger charge is -2.11. The van der Waals surface area contributed by atoms with E-state index in [0.717, 1.165) is 0 Å². The van der Waals surface area contributed by atoms with E-state index < -0.39 is 0 Å². The molecule has 0 saturated carbocycles. The smallest absolute Gasteiger partial charge is 0.166 e. The van der Waals surface area contributed by atoms with E-state index in [9.17, 15) is 4.39 Å². The molecule has 0 atom stereocenters. The van der Waals surface area contributed by atoms with Crippen molar-refractivity contribution in [2.45, 2.75) is 13.3 Å². The normalized spacial score (nSPS) is 9.85. The van der Waals surface area contributed by atoms with Crippen LogP contribution in [0.1, 0.15) is 12.5 Å². The van der Waals surface area contributed by atoms with Crippen LogP contribution in [0.3, 0.4) is 0 Å². The summed E-state index contributed by atoms with van der Waals surface area (Å²) in [6.07, 6.45) is 0.589. The molecule has 13 heavy (non-hydrogen) atoms. The number of rotatable bonds is 3. The Hall–Kier alpha value is -1.25. The lowest BCUT2D eigenvalue weighted by Crippen LogP contribution is -1.97. The summed E-state index contributed by atoms with van der Waals surface area (Å²) >= 11 is 0. The molecule has 0 aromatic heterocycles. The molecule has 1 rings (SSSR count). The fraction of sp³-hybridized carbons (Fsp3) is 0.400. The van der Waals surface area contributed by atoms with Crippen LogP contribution in [0.2, 0.25) is 0 Å². The van der Waals surface area contributed by atoms with Crippen molar-refractivity contribution in [3.8, 4) is 11.5 Å². The first-order chi connectivity index (χ1) is 6.24. The Morgan fingerprint density at radius 2 is 1.92 bits per heavy atom. The summed E-state index contributed by atoms with van der Waals surface area (Å²) in [5.41, 5.74) is 0.557. The van der Waals surface area contributed by atoms with Crippen molar-refractivity contribution in [1.82, 2.24) is 0 Å². The first-order valence-corrected chi connectivity index (χ1v) is 4.14. The summed E-state index contributed by atoms with van der Waals surface area (Å²) in [6, 6.07) is 2.95. The highest BCUT2D eigenvalue weighted by Gasteiger charge is 2.12. The molecule has 0 fully saturated rings. The molecule has 2 nitrogen and oxygen atoms in total. The molecule has 1 aromatic rings. The highest BCUT2D eigenvalue weighted by molar-refractivity contribution is 5.47. The Balaban J connectivity index is 3.27. The van der Waals surface area contributed by atoms with E-state index >= 15 is 0 Å². The number of halogens is 1. The second-order valence-electron chi connectivity index (χ2n) is 2.62.